The van der Waals surface area contributed by atoms with Gasteiger partial charge in [0.1, 0.15) is 0 Å². The molecular formula is C17H35NO2. The fourth-order valence-corrected chi connectivity index (χ4v) is 3.67. The minimum atomic E-state index is 0.713. The van der Waals surface area contributed by atoms with E-state index in [4.69, 9.17) is 9.47 Å². The summed E-state index contributed by atoms with van der Waals surface area (Å²) < 4.78 is 10.6. The summed E-state index contributed by atoms with van der Waals surface area (Å²) in [6.45, 7) is 5.85. The van der Waals surface area contributed by atoms with Gasteiger partial charge in [-0.2, -0.15) is 0 Å². The van der Waals surface area contributed by atoms with Crippen molar-refractivity contribution in [2.75, 3.05) is 40.5 Å². The molecule has 0 aromatic carbocycles. The van der Waals surface area contributed by atoms with Gasteiger partial charge in [-0.25, -0.2) is 0 Å². The van der Waals surface area contributed by atoms with E-state index in [-0.39, 0.29) is 0 Å². The normalized spacial score (nSPS) is 26.9. The van der Waals surface area contributed by atoms with Crippen LogP contribution in [0.15, 0.2) is 0 Å². The molecule has 0 bridgehead atoms. The Morgan fingerprint density at radius 3 is 2.60 bits per heavy atom. The van der Waals surface area contributed by atoms with E-state index in [0.29, 0.717) is 6.61 Å². The molecule has 120 valence electrons. The first-order valence-corrected chi connectivity index (χ1v) is 8.53. The van der Waals surface area contributed by atoms with Gasteiger partial charge in [0.2, 0.25) is 0 Å². The van der Waals surface area contributed by atoms with Gasteiger partial charge in [-0.1, -0.05) is 26.2 Å². The van der Waals surface area contributed by atoms with E-state index in [1.54, 1.807) is 7.11 Å². The maximum absolute atomic E-state index is 5.59. The molecule has 0 saturated heterocycles. The Hall–Kier alpha value is -0.120. The molecule has 1 aliphatic carbocycles. The molecule has 1 rings (SSSR count). The average molecular weight is 285 g/mol. The van der Waals surface area contributed by atoms with E-state index in [9.17, 15) is 0 Å². The maximum atomic E-state index is 5.59. The number of methoxy groups -OCH3 is 1. The summed E-state index contributed by atoms with van der Waals surface area (Å²) in [5.41, 5.74) is 0. The van der Waals surface area contributed by atoms with Crippen molar-refractivity contribution in [1.82, 2.24) is 5.32 Å². The lowest BCUT2D eigenvalue weighted by molar-refractivity contribution is 0.0627. The summed E-state index contributed by atoms with van der Waals surface area (Å²) in [7, 11) is 3.81. The van der Waals surface area contributed by atoms with E-state index < -0.39 is 0 Å². The molecule has 0 amide bonds. The van der Waals surface area contributed by atoms with Crippen LogP contribution in [0, 0.1) is 17.8 Å². The van der Waals surface area contributed by atoms with Crippen molar-refractivity contribution in [2.45, 2.75) is 51.9 Å². The zero-order chi connectivity index (χ0) is 14.6. The minimum Gasteiger partial charge on any atom is -0.382 e. The molecule has 20 heavy (non-hydrogen) atoms. The number of ether oxygens (including phenoxy) is 2. The van der Waals surface area contributed by atoms with Gasteiger partial charge in [-0.3, -0.25) is 0 Å². The molecule has 1 saturated carbocycles. The lowest BCUT2D eigenvalue weighted by atomic mass is 9.71. The molecule has 0 spiro atoms. The summed E-state index contributed by atoms with van der Waals surface area (Å²) >= 11 is 0. The van der Waals surface area contributed by atoms with E-state index in [0.717, 1.165) is 31.0 Å². The second kappa shape index (κ2) is 11.5. The van der Waals surface area contributed by atoms with Crippen LogP contribution in [0.1, 0.15) is 51.9 Å². The quantitative estimate of drug-likeness (QED) is 0.590. The van der Waals surface area contributed by atoms with Crippen molar-refractivity contribution >= 4 is 0 Å². The molecule has 0 aromatic rings. The second-order valence-corrected chi connectivity index (χ2v) is 6.29. The van der Waals surface area contributed by atoms with Crippen molar-refractivity contribution < 1.29 is 9.47 Å². The first-order chi connectivity index (χ1) is 9.81. The first-order valence-electron chi connectivity index (χ1n) is 8.53. The Labute approximate surface area is 125 Å². The molecule has 0 aliphatic heterocycles. The molecule has 1 aliphatic rings. The van der Waals surface area contributed by atoms with Gasteiger partial charge in [0.25, 0.3) is 0 Å². The van der Waals surface area contributed by atoms with Gasteiger partial charge in [0.15, 0.2) is 0 Å². The van der Waals surface area contributed by atoms with Gasteiger partial charge in [0, 0.05) is 13.7 Å². The highest BCUT2D eigenvalue weighted by atomic mass is 16.5. The summed E-state index contributed by atoms with van der Waals surface area (Å²) in [5, 5.41) is 3.38. The Bertz CT molecular complexity index is 223. The predicted molar refractivity (Wildman–Crippen MR) is 85.1 cm³/mol. The third kappa shape index (κ3) is 7.05. The van der Waals surface area contributed by atoms with E-state index in [1.165, 1.54) is 51.5 Å². The topological polar surface area (TPSA) is 30.5 Å². The predicted octanol–water partition coefficient (Wildman–Crippen LogP) is 3.48. The molecule has 0 heterocycles. The summed E-state index contributed by atoms with van der Waals surface area (Å²) in [6, 6.07) is 0. The second-order valence-electron chi connectivity index (χ2n) is 6.29. The summed E-state index contributed by atoms with van der Waals surface area (Å²) in [4.78, 5) is 0. The van der Waals surface area contributed by atoms with Gasteiger partial charge in [-0.05, 0) is 57.0 Å². The van der Waals surface area contributed by atoms with Gasteiger partial charge in [0.05, 0.1) is 13.2 Å². The lowest BCUT2D eigenvalue weighted by Gasteiger charge is -2.36. The zero-order valence-corrected chi connectivity index (χ0v) is 13.8. The smallest absolute Gasteiger partial charge is 0.0700 e. The van der Waals surface area contributed by atoms with Gasteiger partial charge < -0.3 is 14.8 Å². The molecule has 3 unspecified atom stereocenters. The van der Waals surface area contributed by atoms with Crippen LogP contribution < -0.4 is 5.32 Å². The fourth-order valence-electron chi connectivity index (χ4n) is 3.67. The van der Waals surface area contributed by atoms with Crippen LogP contribution >= 0.6 is 0 Å². The van der Waals surface area contributed by atoms with Crippen molar-refractivity contribution in [3.63, 3.8) is 0 Å². The minimum absolute atomic E-state index is 0.713. The highest BCUT2D eigenvalue weighted by molar-refractivity contribution is 4.81. The number of rotatable bonds is 11. The summed E-state index contributed by atoms with van der Waals surface area (Å²) in [5.74, 6) is 2.76. The monoisotopic (exact) mass is 285 g/mol. The molecule has 3 heteroatoms. The van der Waals surface area contributed by atoms with Crippen LogP contribution in [-0.4, -0.2) is 40.5 Å². The molecule has 0 radical (unpaired) electrons. The van der Waals surface area contributed by atoms with E-state index in [1.807, 2.05) is 0 Å². The third-order valence-electron chi connectivity index (χ3n) is 4.71. The molecule has 3 nitrogen and oxygen atoms in total. The molecule has 1 N–H and O–H groups in total. The van der Waals surface area contributed by atoms with Crippen molar-refractivity contribution in [1.29, 1.82) is 0 Å². The summed E-state index contributed by atoms with van der Waals surface area (Å²) in [6.07, 6.45) is 9.61. The van der Waals surface area contributed by atoms with Crippen molar-refractivity contribution in [3.8, 4) is 0 Å². The SMILES string of the molecule is CCCC1CCC(CNC)C(CCCOCCOC)C1. The molecular weight excluding hydrogens is 250 g/mol. The van der Waals surface area contributed by atoms with Crippen molar-refractivity contribution in [3.05, 3.63) is 0 Å². The number of nitrogens with one attached hydrogen (secondary N) is 1. The highest BCUT2D eigenvalue weighted by Crippen LogP contribution is 2.38. The number of hydrogen-bond donors (Lipinski definition) is 1. The highest BCUT2D eigenvalue weighted by Gasteiger charge is 2.29. The van der Waals surface area contributed by atoms with Gasteiger partial charge >= 0.3 is 0 Å². The van der Waals surface area contributed by atoms with Crippen LogP contribution in [0.25, 0.3) is 0 Å². The number of hydrogen-bond acceptors (Lipinski definition) is 3. The van der Waals surface area contributed by atoms with Crippen LogP contribution in [-0.2, 0) is 9.47 Å². The Kier molecular flexibility index (Phi) is 10.3. The molecule has 3 atom stereocenters. The fraction of sp³-hybridized carbons (Fsp3) is 1.00. The largest absolute Gasteiger partial charge is 0.382 e. The van der Waals surface area contributed by atoms with Crippen LogP contribution in [0.4, 0.5) is 0 Å². The lowest BCUT2D eigenvalue weighted by Crippen LogP contribution is -2.32. The van der Waals surface area contributed by atoms with Crippen molar-refractivity contribution in [2.24, 2.45) is 17.8 Å². The Morgan fingerprint density at radius 2 is 1.90 bits per heavy atom. The van der Waals surface area contributed by atoms with Crippen LogP contribution in [0.5, 0.6) is 0 Å². The third-order valence-corrected chi connectivity index (χ3v) is 4.71. The van der Waals surface area contributed by atoms with E-state index in [2.05, 4.69) is 19.3 Å². The van der Waals surface area contributed by atoms with Crippen LogP contribution in [0.3, 0.4) is 0 Å². The Balaban J connectivity index is 2.24. The average Bonchev–Trinajstić information content (AvgIpc) is 2.45. The molecule has 0 aromatic heterocycles. The zero-order valence-electron chi connectivity index (χ0n) is 13.8. The standard InChI is InChI=1S/C17H35NO2/c1-4-6-15-8-9-17(14-18-2)16(13-15)7-5-10-20-12-11-19-3/h15-18H,4-14H2,1-3H3. The first kappa shape index (κ1) is 17.9. The molecule has 1 fully saturated rings. The maximum Gasteiger partial charge on any atom is 0.0700 e. The van der Waals surface area contributed by atoms with Crippen LogP contribution in [0.2, 0.25) is 0 Å². The van der Waals surface area contributed by atoms with E-state index >= 15 is 0 Å². The Morgan fingerprint density at radius 1 is 1.05 bits per heavy atom. The van der Waals surface area contributed by atoms with Gasteiger partial charge in [-0.15, -0.1) is 0 Å².